The van der Waals surface area contributed by atoms with Crippen LogP contribution >= 0.6 is 0 Å². The van der Waals surface area contributed by atoms with Gasteiger partial charge >= 0.3 is 0 Å². The molecule has 0 fully saturated rings. The summed E-state index contributed by atoms with van der Waals surface area (Å²) in [6, 6.07) is 23.5. The van der Waals surface area contributed by atoms with Gasteiger partial charge in [-0.15, -0.1) is 15.3 Å². The lowest BCUT2D eigenvalue weighted by atomic mass is 10.2. The van der Waals surface area contributed by atoms with Crippen LogP contribution in [0.3, 0.4) is 0 Å². The molecule has 0 aliphatic rings. The number of hydrogen-bond donors (Lipinski definition) is 0. The summed E-state index contributed by atoms with van der Waals surface area (Å²) in [4.78, 5) is 0. The third-order valence-electron chi connectivity index (χ3n) is 5.66. The predicted octanol–water partition coefficient (Wildman–Crippen LogP) is 8.55. The first-order valence-corrected chi connectivity index (χ1v) is 15.0. The van der Waals surface area contributed by atoms with E-state index in [4.69, 9.17) is 14.2 Å². The van der Waals surface area contributed by atoms with Crippen LogP contribution in [0.2, 0.25) is 6.04 Å². The van der Waals surface area contributed by atoms with Crippen molar-refractivity contribution in [3.63, 3.8) is 0 Å². The number of para-hydroxylation sites is 3. The predicted molar refractivity (Wildman–Crippen MR) is 166 cm³/mol. The van der Waals surface area contributed by atoms with Gasteiger partial charge in [0.25, 0.3) is 5.79 Å². The third kappa shape index (κ3) is 10.5. The number of ether oxygens (including phenoxy) is 3. The maximum atomic E-state index is 5.94. The second-order valence-corrected chi connectivity index (χ2v) is 10.8. The van der Waals surface area contributed by atoms with E-state index in [-0.39, 0.29) is 44.0 Å². The van der Waals surface area contributed by atoms with Gasteiger partial charge in [0.15, 0.2) is 0 Å². The summed E-state index contributed by atoms with van der Waals surface area (Å²) in [5.41, 5.74) is 2.73. The van der Waals surface area contributed by atoms with Gasteiger partial charge in [0.05, 0.1) is 37.9 Å². The molecule has 0 aromatic heterocycles. The van der Waals surface area contributed by atoms with E-state index in [2.05, 4.69) is 40.9 Å². The smallest absolute Gasteiger partial charge is 0.295 e. The molecule has 3 aromatic carbocycles. The van der Waals surface area contributed by atoms with Crippen molar-refractivity contribution < 1.29 is 14.2 Å². The summed E-state index contributed by atoms with van der Waals surface area (Å²) in [5.74, 6) is 0.901. The van der Waals surface area contributed by atoms with Crippen LogP contribution in [0.15, 0.2) is 103 Å². The van der Waals surface area contributed by atoms with Gasteiger partial charge in [-0.3, -0.25) is 0 Å². The number of azo groups is 3. The molecule has 0 aliphatic carbocycles. The zero-order valence-corrected chi connectivity index (χ0v) is 26.4. The quantitative estimate of drug-likeness (QED) is 0.124. The van der Waals surface area contributed by atoms with E-state index in [9.17, 15) is 0 Å². The molecule has 221 valence electrons. The summed E-state index contributed by atoms with van der Waals surface area (Å²) in [5, 5.41) is 27.0. The molecule has 0 amide bonds. The molecule has 0 aliphatic heterocycles. The average Bonchev–Trinajstić information content (AvgIpc) is 2.94. The molecule has 0 heterocycles. The van der Waals surface area contributed by atoms with Gasteiger partial charge in [0, 0.05) is 33.0 Å². The van der Waals surface area contributed by atoms with Crippen LogP contribution in [0.5, 0.6) is 17.2 Å². The van der Waals surface area contributed by atoms with Crippen LogP contribution in [-0.2, 0) is 19.6 Å². The minimum absolute atomic E-state index is 0.0390. The molecule has 0 unspecified atom stereocenters. The van der Waals surface area contributed by atoms with Gasteiger partial charge in [0.2, 0.25) is 0 Å². The Morgan fingerprint density at radius 2 is 0.810 bits per heavy atom. The van der Waals surface area contributed by atoms with Crippen LogP contribution in [-0.4, -0.2) is 34.3 Å². The standard InChI is InChI=1S/C32H41N6O3Si/c1-23(2)39-29-16-10-7-13-26(29)19-33-36-32(22-42,37-34-20-27-14-8-11-17-30(27)40-24(3)4)38-35-21-28-15-9-12-18-31(28)41-25(5)6/h7-18,23-25H,19-22H2,1-6H3. The molecule has 0 N–H and O–H groups in total. The average molecular weight is 586 g/mol. The Morgan fingerprint density at radius 3 is 1.07 bits per heavy atom. The van der Waals surface area contributed by atoms with E-state index < -0.39 is 5.79 Å². The van der Waals surface area contributed by atoms with Gasteiger partial charge in [0.1, 0.15) is 17.2 Å². The SMILES string of the molecule is CC(C)Oc1ccccc1CN=NC(C[Si])(N=NCc1ccccc1OC(C)C)N=NCc1ccccc1OC(C)C. The minimum atomic E-state index is -1.40. The Kier molecular flexibility index (Phi) is 12.8. The van der Waals surface area contributed by atoms with Crippen molar-refractivity contribution >= 4 is 10.2 Å². The lowest BCUT2D eigenvalue weighted by Crippen LogP contribution is -2.19. The van der Waals surface area contributed by atoms with Gasteiger partial charge < -0.3 is 14.2 Å². The highest BCUT2D eigenvalue weighted by Gasteiger charge is 2.28. The van der Waals surface area contributed by atoms with Crippen molar-refractivity contribution in [3.8, 4) is 17.2 Å². The molecule has 0 saturated carbocycles. The van der Waals surface area contributed by atoms with Crippen molar-refractivity contribution in [3.05, 3.63) is 89.5 Å². The monoisotopic (exact) mass is 585 g/mol. The number of rotatable bonds is 16. The van der Waals surface area contributed by atoms with Crippen molar-refractivity contribution in [1.82, 2.24) is 0 Å². The molecule has 3 rings (SSSR count). The normalized spacial score (nSPS) is 13.6. The Balaban J connectivity index is 1.88. The third-order valence-corrected chi connectivity index (χ3v) is 6.13. The van der Waals surface area contributed by atoms with E-state index >= 15 is 0 Å². The Morgan fingerprint density at radius 1 is 0.524 bits per heavy atom. The fourth-order valence-corrected chi connectivity index (χ4v) is 4.06. The molecule has 42 heavy (non-hydrogen) atoms. The molecule has 3 aromatic rings. The number of nitrogens with zero attached hydrogens (tertiary/aromatic N) is 6. The van der Waals surface area contributed by atoms with Crippen LogP contribution in [0.1, 0.15) is 58.2 Å². The van der Waals surface area contributed by atoms with Crippen molar-refractivity contribution in [2.75, 3.05) is 0 Å². The Labute approximate surface area is 253 Å². The highest BCUT2D eigenvalue weighted by molar-refractivity contribution is 6.09. The maximum Gasteiger partial charge on any atom is 0.295 e. The summed E-state index contributed by atoms with van der Waals surface area (Å²) in [7, 11) is 3.60. The first-order chi connectivity index (χ1) is 20.2. The van der Waals surface area contributed by atoms with Crippen molar-refractivity contribution in [1.29, 1.82) is 0 Å². The summed E-state index contributed by atoms with van der Waals surface area (Å²) in [6.45, 7) is 12.8. The molecule has 0 spiro atoms. The lowest BCUT2D eigenvalue weighted by molar-refractivity contribution is 0.239. The zero-order valence-electron chi connectivity index (χ0n) is 25.4. The van der Waals surface area contributed by atoms with Gasteiger partial charge in [-0.2, -0.15) is 15.3 Å². The summed E-state index contributed by atoms with van der Waals surface area (Å²) >= 11 is 0. The molecular weight excluding hydrogens is 544 g/mol. The fraction of sp³-hybridized carbons (Fsp3) is 0.438. The second-order valence-electron chi connectivity index (χ2n) is 10.5. The van der Waals surface area contributed by atoms with E-state index in [1.165, 1.54) is 0 Å². The second kappa shape index (κ2) is 16.5. The van der Waals surface area contributed by atoms with Crippen LogP contribution in [0.25, 0.3) is 0 Å². The molecule has 9 nitrogen and oxygen atoms in total. The van der Waals surface area contributed by atoms with Crippen molar-refractivity contribution in [2.45, 2.75) is 91.3 Å². The molecule has 10 heteroatoms. The molecule has 0 bridgehead atoms. The topological polar surface area (TPSA) is 102 Å². The Bertz CT molecular complexity index is 1180. The summed E-state index contributed by atoms with van der Waals surface area (Å²) < 4.78 is 17.8. The number of hydrogen-bond acceptors (Lipinski definition) is 9. The van der Waals surface area contributed by atoms with E-state index in [0.717, 1.165) is 33.9 Å². The number of benzene rings is 3. The van der Waals surface area contributed by atoms with Gasteiger partial charge in [-0.05, 0) is 59.7 Å². The maximum absolute atomic E-state index is 5.94. The highest BCUT2D eigenvalue weighted by atomic mass is 28.1. The zero-order chi connectivity index (χ0) is 30.4. The van der Waals surface area contributed by atoms with E-state index in [1.807, 2.05) is 114 Å². The van der Waals surface area contributed by atoms with E-state index in [0.29, 0.717) is 0 Å². The fourth-order valence-electron chi connectivity index (χ4n) is 3.85. The van der Waals surface area contributed by atoms with E-state index in [1.54, 1.807) is 0 Å². The van der Waals surface area contributed by atoms with Crippen LogP contribution in [0, 0.1) is 0 Å². The van der Waals surface area contributed by atoms with Gasteiger partial charge in [-0.25, -0.2) is 0 Å². The summed E-state index contributed by atoms with van der Waals surface area (Å²) in [6.07, 6.45) is 0.117. The molecule has 0 atom stereocenters. The van der Waals surface area contributed by atoms with Crippen LogP contribution in [0.4, 0.5) is 0 Å². The lowest BCUT2D eigenvalue weighted by Gasteiger charge is -2.17. The Hall–Kier alpha value is -3.92. The van der Waals surface area contributed by atoms with Crippen molar-refractivity contribution in [2.24, 2.45) is 30.7 Å². The van der Waals surface area contributed by atoms with Gasteiger partial charge in [-0.1, -0.05) is 54.6 Å². The minimum Gasteiger partial charge on any atom is -0.491 e. The molecule has 0 saturated heterocycles. The first kappa shape index (κ1) is 32.6. The highest BCUT2D eigenvalue weighted by Crippen LogP contribution is 2.27. The largest absolute Gasteiger partial charge is 0.491 e. The molecule has 3 radical (unpaired) electrons. The first-order valence-electron chi connectivity index (χ1n) is 14.3. The van der Waals surface area contributed by atoms with Crippen LogP contribution < -0.4 is 14.2 Å². The molecular formula is C32H41N6O3Si.